The first kappa shape index (κ1) is 12.8. The molecule has 0 aromatic rings. The van der Waals surface area contributed by atoms with Crippen molar-refractivity contribution in [1.29, 1.82) is 0 Å². The van der Waals surface area contributed by atoms with Crippen molar-refractivity contribution < 1.29 is 19.4 Å². The van der Waals surface area contributed by atoms with E-state index < -0.39 is 0 Å². The monoisotopic (exact) mass is 354 g/mol. The Morgan fingerprint density at radius 2 is 2.00 bits per heavy atom. The van der Waals surface area contributed by atoms with Gasteiger partial charge in [-0.2, -0.15) is 0 Å². The molecule has 0 fully saturated rings. The molecule has 0 saturated carbocycles. The van der Waals surface area contributed by atoms with Gasteiger partial charge in [-0.3, -0.25) is 0 Å². The second-order valence-corrected chi connectivity index (χ2v) is 5.44. The van der Waals surface area contributed by atoms with Crippen LogP contribution in [-0.4, -0.2) is 23.7 Å². The number of hydrogen-bond acceptors (Lipinski definition) is 2. The van der Waals surface area contributed by atoms with Gasteiger partial charge in [0.05, 0.1) is 0 Å². The molecule has 0 aromatic heterocycles. The van der Waals surface area contributed by atoms with E-state index in [1.807, 2.05) is 0 Å². The zero-order valence-corrected chi connectivity index (χ0v) is 11.6. The van der Waals surface area contributed by atoms with Crippen molar-refractivity contribution in [3.8, 4) is 0 Å². The Labute approximate surface area is 90.8 Å². The maximum absolute atomic E-state index is 5.50. The molecule has 0 atom stereocenters. The van der Waals surface area contributed by atoms with Crippen molar-refractivity contribution in [1.82, 2.24) is 10.6 Å². The van der Waals surface area contributed by atoms with E-state index in [1.165, 1.54) is 19.4 Å². The fourth-order valence-corrected chi connectivity index (χ4v) is 1.20. The molecule has 4 nitrogen and oxygen atoms in total. The molecule has 0 aliphatic carbocycles. The minimum atomic E-state index is 0.278. The molecule has 13 heavy (non-hydrogen) atoms. The quantitative estimate of drug-likeness (QED) is 0.486. The van der Waals surface area contributed by atoms with Crippen LogP contribution in [0.25, 0.3) is 0 Å². The van der Waals surface area contributed by atoms with Gasteiger partial charge in [0, 0.05) is 0 Å². The third kappa shape index (κ3) is 8.13. The summed E-state index contributed by atoms with van der Waals surface area (Å²) in [5.41, 5.74) is 5.78. The Morgan fingerprint density at radius 3 is 2.38 bits per heavy atom. The van der Waals surface area contributed by atoms with Crippen LogP contribution in [0.3, 0.4) is 0 Å². The molecular formula is C8H18N4W. The predicted molar refractivity (Wildman–Crippen MR) is 53.1 cm³/mol. The van der Waals surface area contributed by atoms with Gasteiger partial charge in [0.1, 0.15) is 0 Å². The topological polar surface area (TPSA) is 62.4 Å². The zero-order valence-electron chi connectivity index (χ0n) is 8.64. The van der Waals surface area contributed by atoms with Gasteiger partial charge in [0.15, 0.2) is 0 Å². The van der Waals surface area contributed by atoms with E-state index in [2.05, 4.69) is 36.4 Å². The van der Waals surface area contributed by atoms with Gasteiger partial charge in [-0.15, -0.1) is 0 Å². The predicted octanol–water partition coefficient (Wildman–Crippen LogP) is -0.210. The molecule has 0 radical (unpaired) electrons. The van der Waals surface area contributed by atoms with Gasteiger partial charge < -0.3 is 0 Å². The Kier molecular flexibility index (Phi) is 5.41. The van der Waals surface area contributed by atoms with E-state index in [0.29, 0.717) is 5.96 Å². The van der Waals surface area contributed by atoms with Crippen LogP contribution in [0.4, 0.5) is 0 Å². The summed E-state index contributed by atoms with van der Waals surface area (Å²) in [6.45, 7) is 7.47. The first-order valence-electron chi connectivity index (χ1n) is 4.12. The van der Waals surface area contributed by atoms with E-state index in [4.69, 9.17) is 5.73 Å². The Hall–Kier alpha value is -0.212. The van der Waals surface area contributed by atoms with Gasteiger partial charge in [-0.1, -0.05) is 0 Å². The number of rotatable bonds is 3. The summed E-state index contributed by atoms with van der Waals surface area (Å²) in [5, 5.41) is 6.24. The second-order valence-electron chi connectivity index (χ2n) is 3.98. The number of guanidine groups is 1. The molecule has 0 spiro atoms. The summed E-state index contributed by atoms with van der Waals surface area (Å²) in [6, 6.07) is 0. The summed E-state index contributed by atoms with van der Waals surface area (Å²) in [4.78, 5) is 3.81. The molecule has 76 valence electrons. The van der Waals surface area contributed by atoms with Crippen LogP contribution in [0.1, 0.15) is 20.8 Å². The molecule has 5 heteroatoms. The van der Waals surface area contributed by atoms with Gasteiger partial charge in [0.2, 0.25) is 0 Å². The Balaban J connectivity index is 3.77. The van der Waals surface area contributed by atoms with E-state index in [0.717, 1.165) is 10.7 Å². The second kappa shape index (κ2) is 5.50. The van der Waals surface area contributed by atoms with E-state index in [9.17, 15) is 0 Å². The van der Waals surface area contributed by atoms with Crippen LogP contribution < -0.4 is 16.4 Å². The van der Waals surface area contributed by atoms with Gasteiger partial charge in [-0.05, 0) is 0 Å². The Bertz CT molecular complexity index is 205. The van der Waals surface area contributed by atoms with Crippen LogP contribution in [0.2, 0.25) is 0 Å². The summed E-state index contributed by atoms with van der Waals surface area (Å²) >= 11 is 1.32. The average molecular weight is 354 g/mol. The molecule has 0 amide bonds. The van der Waals surface area contributed by atoms with Crippen molar-refractivity contribution in [2.24, 2.45) is 16.1 Å². The normalized spacial score (nSPS) is 12.8. The summed E-state index contributed by atoms with van der Waals surface area (Å²) in [5.74, 6) is 0.450. The molecule has 0 saturated heterocycles. The van der Waals surface area contributed by atoms with Crippen molar-refractivity contribution in [3.63, 3.8) is 0 Å². The van der Waals surface area contributed by atoms with Crippen molar-refractivity contribution >= 4 is 10.1 Å². The van der Waals surface area contributed by atoms with E-state index in [-0.39, 0.29) is 5.41 Å². The molecule has 0 heterocycles. The molecule has 4 N–H and O–H groups in total. The number of nitrogens with zero attached hydrogens (tertiary/aromatic N) is 1. The summed E-state index contributed by atoms with van der Waals surface area (Å²) < 4.78 is 1.01. The maximum atomic E-state index is 5.50. The molecule has 0 unspecified atom stereocenters. The molecule has 0 aliphatic rings. The van der Waals surface area contributed by atoms with Crippen LogP contribution in [0, 0.1) is 5.41 Å². The summed E-state index contributed by atoms with van der Waals surface area (Å²) in [7, 11) is 1.66. The van der Waals surface area contributed by atoms with Crippen LogP contribution in [-0.2, 0) is 19.4 Å². The van der Waals surface area contributed by atoms with Crippen LogP contribution in [0.15, 0.2) is 4.99 Å². The van der Waals surface area contributed by atoms with Crippen molar-refractivity contribution in [2.75, 3.05) is 13.6 Å². The molecule has 0 bridgehead atoms. The standard InChI is InChI=1S/C8H18N4.W/c1-8(2,3)5-11-6-12-7(9)10-4;/h11H,5H2,1-4H3,(H3,9,10,12);. The SMILES string of the molecule is CN=C(N)N[C](=[W])NCC(C)(C)C. The molecule has 0 rings (SSSR count). The first-order chi connectivity index (χ1) is 5.85. The number of nitrogens with two attached hydrogens (primary N) is 1. The number of nitrogens with one attached hydrogen (secondary N) is 2. The van der Waals surface area contributed by atoms with Crippen molar-refractivity contribution in [3.05, 3.63) is 0 Å². The van der Waals surface area contributed by atoms with Crippen LogP contribution >= 0.6 is 0 Å². The fraction of sp³-hybridized carbons (Fsp3) is 0.750. The first-order valence-corrected chi connectivity index (χ1v) is 5.59. The van der Waals surface area contributed by atoms with Crippen LogP contribution in [0.5, 0.6) is 0 Å². The van der Waals surface area contributed by atoms with Gasteiger partial charge in [0.25, 0.3) is 0 Å². The minimum absolute atomic E-state index is 0.278. The van der Waals surface area contributed by atoms with E-state index in [1.54, 1.807) is 7.05 Å². The van der Waals surface area contributed by atoms with Gasteiger partial charge >= 0.3 is 90.6 Å². The third-order valence-corrected chi connectivity index (χ3v) is 2.15. The third-order valence-electron chi connectivity index (χ3n) is 1.26. The number of aliphatic imine (C=N–C) groups is 1. The van der Waals surface area contributed by atoms with E-state index >= 15 is 0 Å². The zero-order chi connectivity index (χ0) is 10.5. The number of hydrogen-bond donors (Lipinski definition) is 3. The van der Waals surface area contributed by atoms with Gasteiger partial charge in [-0.25, -0.2) is 0 Å². The fourth-order valence-electron chi connectivity index (χ4n) is 0.562. The van der Waals surface area contributed by atoms with Crippen molar-refractivity contribution in [2.45, 2.75) is 20.8 Å². The Morgan fingerprint density at radius 1 is 1.46 bits per heavy atom. The average Bonchev–Trinajstić information content (AvgIpc) is 1.99. The molecule has 0 aromatic carbocycles. The molecular weight excluding hydrogens is 336 g/mol. The summed E-state index contributed by atoms with van der Waals surface area (Å²) in [6.07, 6.45) is 0. The molecule has 0 aliphatic heterocycles.